The van der Waals surface area contributed by atoms with Gasteiger partial charge in [-0.2, -0.15) is 13.2 Å². The number of benzene rings is 1. The number of anilines is 1. The summed E-state index contributed by atoms with van der Waals surface area (Å²) < 4.78 is 44.5. The number of carbonyl (C=O) groups excluding carboxylic acids is 1. The van der Waals surface area contributed by atoms with Crippen LogP contribution in [0.1, 0.15) is 36.2 Å². The lowest BCUT2D eigenvalue weighted by Gasteiger charge is -2.31. The highest BCUT2D eigenvalue weighted by atomic mass is 19.4. The third-order valence-electron chi connectivity index (χ3n) is 4.52. The summed E-state index contributed by atoms with van der Waals surface area (Å²) in [5.74, 6) is -4.87. The molecule has 5 nitrogen and oxygen atoms in total. The first-order valence-corrected chi connectivity index (χ1v) is 7.90. The number of hydrogen-bond donors (Lipinski definition) is 2. The van der Waals surface area contributed by atoms with E-state index in [4.69, 9.17) is 9.52 Å². The van der Waals surface area contributed by atoms with Gasteiger partial charge in [0.05, 0.1) is 5.92 Å². The molecule has 134 valence electrons. The van der Waals surface area contributed by atoms with Crippen LogP contribution in [0.3, 0.4) is 0 Å². The zero-order valence-electron chi connectivity index (χ0n) is 13.1. The summed E-state index contributed by atoms with van der Waals surface area (Å²) in [5, 5.41) is 11.9. The number of halogens is 3. The highest BCUT2D eigenvalue weighted by Crippen LogP contribution is 2.42. The van der Waals surface area contributed by atoms with Crippen molar-refractivity contribution in [3.63, 3.8) is 0 Å². The number of carbonyl (C=O) groups is 2. The maximum atomic E-state index is 13.1. The molecule has 1 aliphatic carbocycles. The number of furan rings is 1. The Balaban J connectivity index is 1.79. The van der Waals surface area contributed by atoms with E-state index in [0.29, 0.717) is 29.5 Å². The lowest BCUT2D eigenvalue weighted by Crippen LogP contribution is -2.39. The maximum absolute atomic E-state index is 13.1. The lowest BCUT2D eigenvalue weighted by molar-refractivity contribution is -0.197. The van der Waals surface area contributed by atoms with E-state index in [1.807, 2.05) is 0 Å². The van der Waals surface area contributed by atoms with Crippen LogP contribution in [0.15, 0.2) is 28.7 Å². The summed E-state index contributed by atoms with van der Waals surface area (Å²) in [6, 6.07) is 5.72. The van der Waals surface area contributed by atoms with E-state index < -0.39 is 29.9 Å². The van der Waals surface area contributed by atoms with Crippen molar-refractivity contribution >= 4 is 28.5 Å². The van der Waals surface area contributed by atoms with E-state index in [1.165, 1.54) is 24.3 Å². The molecule has 8 heteroatoms. The van der Waals surface area contributed by atoms with Gasteiger partial charge in [-0.3, -0.25) is 4.79 Å². The van der Waals surface area contributed by atoms with E-state index >= 15 is 0 Å². The molecule has 1 fully saturated rings. The van der Waals surface area contributed by atoms with Gasteiger partial charge in [-0.25, -0.2) is 4.79 Å². The molecule has 2 unspecified atom stereocenters. The zero-order chi connectivity index (χ0) is 18.2. The smallest absolute Gasteiger partial charge is 0.392 e. The molecule has 2 atom stereocenters. The molecular weight excluding hydrogens is 339 g/mol. The molecule has 25 heavy (non-hydrogen) atoms. The van der Waals surface area contributed by atoms with Gasteiger partial charge in [0, 0.05) is 17.0 Å². The fourth-order valence-electron chi connectivity index (χ4n) is 3.30. The van der Waals surface area contributed by atoms with Crippen LogP contribution in [-0.4, -0.2) is 23.2 Å². The Kier molecular flexibility index (Phi) is 4.45. The fourth-order valence-corrected chi connectivity index (χ4v) is 3.30. The molecule has 0 spiro atoms. The van der Waals surface area contributed by atoms with Gasteiger partial charge in [0.1, 0.15) is 5.58 Å². The first-order chi connectivity index (χ1) is 11.8. The summed E-state index contributed by atoms with van der Waals surface area (Å²) in [7, 11) is 0. The monoisotopic (exact) mass is 355 g/mol. The van der Waals surface area contributed by atoms with Crippen molar-refractivity contribution in [3.05, 3.63) is 30.0 Å². The van der Waals surface area contributed by atoms with Gasteiger partial charge < -0.3 is 14.8 Å². The van der Waals surface area contributed by atoms with Crippen LogP contribution in [0.25, 0.3) is 11.0 Å². The number of aromatic carboxylic acids is 1. The molecule has 0 saturated heterocycles. The first-order valence-electron chi connectivity index (χ1n) is 7.90. The summed E-state index contributed by atoms with van der Waals surface area (Å²) >= 11 is 0. The number of hydrogen-bond acceptors (Lipinski definition) is 3. The molecule has 1 aromatic heterocycles. The van der Waals surface area contributed by atoms with Gasteiger partial charge in [-0.15, -0.1) is 0 Å². The second-order valence-electron chi connectivity index (χ2n) is 6.20. The van der Waals surface area contributed by atoms with Crippen molar-refractivity contribution in [2.45, 2.75) is 31.9 Å². The second kappa shape index (κ2) is 6.42. The Morgan fingerprint density at radius 3 is 2.56 bits per heavy atom. The van der Waals surface area contributed by atoms with E-state index in [9.17, 15) is 22.8 Å². The van der Waals surface area contributed by atoms with Gasteiger partial charge in [0.2, 0.25) is 11.7 Å². The third-order valence-corrected chi connectivity index (χ3v) is 4.52. The van der Waals surface area contributed by atoms with Crippen LogP contribution < -0.4 is 5.32 Å². The van der Waals surface area contributed by atoms with Gasteiger partial charge in [0.25, 0.3) is 0 Å². The van der Waals surface area contributed by atoms with E-state index in [0.717, 1.165) is 0 Å². The third kappa shape index (κ3) is 3.62. The Morgan fingerprint density at radius 1 is 1.16 bits per heavy atom. The molecule has 1 saturated carbocycles. The fraction of sp³-hybridized carbons (Fsp3) is 0.412. The van der Waals surface area contributed by atoms with Crippen molar-refractivity contribution in [2.24, 2.45) is 11.8 Å². The normalized spacial score (nSPS) is 21.2. The van der Waals surface area contributed by atoms with Gasteiger partial charge in [-0.1, -0.05) is 12.8 Å². The number of amides is 1. The number of carboxylic acid groups (broad SMARTS) is 1. The first kappa shape index (κ1) is 17.3. The Morgan fingerprint density at radius 2 is 1.88 bits per heavy atom. The minimum Gasteiger partial charge on any atom is -0.475 e. The minimum atomic E-state index is -4.40. The average Bonchev–Trinajstić information content (AvgIpc) is 2.97. The number of fused-ring (bicyclic) bond motifs is 1. The van der Waals surface area contributed by atoms with Crippen molar-refractivity contribution in [1.82, 2.24) is 0 Å². The number of alkyl halides is 3. The molecule has 0 aliphatic heterocycles. The summed E-state index contributed by atoms with van der Waals surface area (Å²) in [5.41, 5.74) is 0.628. The van der Waals surface area contributed by atoms with Gasteiger partial charge in [-0.05, 0) is 37.1 Å². The van der Waals surface area contributed by atoms with E-state index in [2.05, 4.69) is 5.32 Å². The molecule has 1 aliphatic rings. The maximum Gasteiger partial charge on any atom is 0.392 e. The largest absolute Gasteiger partial charge is 0.475 e. The van der Waals surface area contributed by atoms with Crippen molar-refractivity contribution in [1.29, 1.82) is 0 Å². The Bertz CT molecular complexity index is 812. The molecule has 1 aromatic carbocycles. The second-order valence-corrected chi connectivity index (χ2v) is 6.20. The van der Waals surface area contributed by atoms with Gasteiger partial charge in [0.15, 0.2) is 0 Å². The molecule has 0 bridgehead atoms. The van der Waals surface area contributed by atoms with Crippen LogP contribution in [0, 0.1) is 11.8 Å². The standard InChI is InChI=1S/C17H16F3NO4/c18-17(19,20)12-4-2-1-3-11(12)15(22)21-10-5-6-13-9(7-10)8-14(25-13)16(23)24/h5-8,11-12H,1-4H2,(H,21,22)(H,23,24). The highest BCUT2D eigenvalue weighted by Gasteiger charge is 2.48. The van der Waals surface area contributed by atoms with Crippen LogP contribution in [0.2, 0.25) is 0 Å². The van der Waals surface area contributed by atoms with E-state index in [1.54, 1.807) is 0 Å². The number of nitrogens with one attached hydrogen (secondary N) is 1. The SMILES string of the molecule is O=C(O)c1cc2cc(NC(=O)C3CCCCC3C(F)(F)F)ccc2o1. The van der Waals surface area contributed by atoms with Crippen molar-refractivity contribution in [2.75, 3.05) is 5.32 Å². The van der Waals surface area contributed by atoms with Crippen molar-refractivity contribution in [3.8, 4) is 0 Å². The summed E-state index contributed by atoms with van der Waals surface area (Å²) in [4.78, 5) is 23.2. The zero-order valence-corrected chi connectivity index (χ0v) is 13.1. The minimum absolute atomic E-state index is 0.0374. The predicted octanol–water partition coefficient (Wildman–Crippen LogP) is 4.44. The predicted molar refractivity (Wildman–Crippen MR) is 83.3 cm³/mol. The molecule has 1 amide bonds. The van der Waals surface area contributed by atoms with Crippen LogP contribution >= 0.6 is 0 Å². The van der Waals surface area contributed by atoms with Crippen molar-refractivity contribution < 1.29 is 32.3 Å². The molecule has 2 aromatic rings. The molecule has 0 radical (unpaired) electrons. The molecule has 2 N–H and O–H groups in total. The Labute approximate surface area is 140 Å². The molecule has 1 heterocycles. The summed E-state index contributed by atoms with van der Waals surface area (Å²) in [6.07, 6.45) is -3.18. The molecular formula is C17H16F3NO4. The van der Waals surface area contributed by atoms with Crippen LogP contribution in [0.4, 0.5) is 18.9 Å². The van der Waals surface area contributed by atoms with E-state index in [-0.39, 0.29) is 18.6 Å². The highest BCUT2D eigenvalue weighted by molar-refractivity contribution is 5.96. The number of carboxylic acids is 1. The summed E-state index contributed by atoms with van der Waals surface area (Å²) in [6.45, 7) is 0. The average molecular weight is 355 g/mol. The quantitative estimate of drug-likeness (QED) is 0.853. The van der Waals surface area contributed by atoms with Crippen LogP contribution in [0.5, 0.6) is 0 Å². The Hall–Kier alpha value is -2.51. The molecule has 3 rings (SSSR count). The van der Waals surface area contributed by atoms with Crippen LogP contribution in [-0.2, 0) is 4.79 Å². The topological polar surface area (TPSA) is 79.5 Å². The number of rotatable bonds is 3. The van der Waals surface area contributed by atoms with Gasteiger partial charge >= 0.3 is 12.1 Å². The lowest BCUT2D eigenvalue weighted by atomic mass is 9.78.